The molecule has 0 aromatic heterocycles. The van der Waals surface area contributed by atoms with Crippen LogP contribution in [0.15, 0.2) is 24.3 Å². The summed E-state index contributed by atoms with van der Waals surface area (Å²) in [4.78, 5) is 21.5. The van der Waals surface area contributed by atoms with Gasteiger partial charge in [-0.15, -0.1) is 0 Å². The fourth-order valence-corrected chi connectivity index (χ4v) is 1.77. The van der Waals surface area contributed by atoms with E-state index in [2.05, 4.69) is 5.32 Å². The van der Waals surface area contributed by atoms with Gasteiger partial charge in [0.1, 0.15) is 0 Å². The highest BCUT2D eigenvalue weighted by Crippen LogP contribution is 2.26. The first kappa shape index (κ1) is 9.64. The number of hydrogen-bond acceptors (Lipinski definition) is 3. The van der Waals surface area contributed by atoms with E-state index >= 15 is 0 Å². The SMILES string of the molecule is O=C1NCC[C@@H]1c1cccc([N+](=O)[O-])c1. The Morgan fingerprint density at radius 2 is 2.27 bits per heavy atom. The highest BCUT2D eigenvalue weighted by molar-refractivity contribution is 5.85. The van der Waals surface area contributed by atoms with Crippen LogP contribution in [0.1, 0.15) is 17.9 Å². The van der Waals surface area contributed by atoms with Crippen LogP contribution in [0.3, 0.4) is 0 Å². The van der Waals surface area contributed by atoms with Crippen molar-refractivity contribution < 1.29 is 9.72 Å². The summed E-state index contributed by atoms with van der Waals surface area (Å²) < 4.78 is 0. The van der Waals surface area contributed by atoms with Gasteiger partial charge >= 0.3 is 0 Å². The Balaban J connectivity index is 2.32. The van der Waals surface area contributed by atoms with E-state index in [0.29, 0.717) is 13.0 Å². The van der Waals surface area contributed by atoms with Gasteiger partial charge in [-0.1, -0.05) is 12.1 Å². The van der Waals surface area contributed by atoms with Crippen molar-refractivity contribution in [2.24, 2.45) is 0 Å². The minimum absolute atomic E-state index is 0.0344. The zero-order chi connectivity index (χ0) is 10.8. The van der Waals surface area contributed by atoms with Crippen molar-refractivity contribution in [1.82, 2.24) is 5.32 Å². The number of benzene rings is 1. The predicted octanol–water partition coefficient (Wildman–Crippen LogP) is 1.20. The van der Waals surface area contributed by atoms with Gasteiger partial charge in [-0.25, -0.2) is 0 Å². The molecule has 1 heterocycles. The van der Waals surface area contributed by atoms with Crippen molar-refractivity contribution in [3.05, 3.63) is 39.9 Å². The number of carbonyl (C=O) groups is 1. The maximum Gasteiger partial charge on any atom is 0.269 e. The summed E-state index contributed by atoms with van der Waals surface area (Å²) in [5, 5.41) is 13.3. The number of non-ortho nitro benzene ring substituents is 1. The van der Waals surface area contributed by atoms with Crippen LogP contribution in [0.2, 0.25) is 0 Å². The summed E-state index contributed by atoms with van der Waals surface area (Å²) in [6, 6.07) is 6.26. The molecular formula is C10H10N2O3. The monoisotopic (exact) mass is 206 g/mol. The molecule has 0 saturated carbocycles. The van der Waals surface area contributed by atoms with E-state index in [1.165, 1.54) is 12.1 Å². The van der Waals surface area contributed by atoms with Crippen LogP contribution in [0.4, 0.5) is 5.69 Å². The lowest BCUT2D eigenvalue weighted by Gasteiger charge is -2.05. The van der Waals surface area contributed by atoms with Crippen LogP contribution >= 0.6 is 0 Å². The molecule has 1 N–H and O–H groups in total. The number of nitrogens with zero attached hydrogens (tertiary/aromatic N) is 1. The van der Waals surface area contributed by atoms with Crippen molar-refractivity contribution in [2.75, 3.05) is 6.54 Å². The van der Waals surface area contributed by atoms with Crippen molar-refractivity contribution in [2.45, 2.75) is 12.3 Å². The lowest BCUT2D eigenvalue weighted by Crippen LogP contribution is -2.17. The van der Waals surface area contributed by atoms with E-state index in [1.54, 1.807) is 12.1 Å². The lowest BCUT2D eigenvalue weighted by molar-refractivity contribution is -0.384. The summed E-state index contributed by atoms with van der Waals surface area (Å²) in [6.07, 6.45) is 0.708. The molecule has 1 fully saturated rings. The van der Waals surface area contributed by atoms with Gasteiger partial charge < -0.3 is 5.32 Å². The van der Waals surface area contributed by atoms with Gasteiger partial charge in [-0.3, -0.25) is 14.9 Å². The van der Waals surface area contributed by atoms with Crippen LogP contribution in [0, 0.1) is 10.1 Å². The molecule has 1 saturated heterocycles. The molecule has 1 aromatic rings. The summed E-state index contributed by atoms with van der Waals surface area (Å²) in [5.41, 5.74) is 0.756. The molecule has 15 heavy (non-hydrogen) atoms. The third kappa shape index (κ3) is 1.81. The lowest BCUT2D eigenvalue weighted by atomic mass is 9.97. The van der Waals surface area contributed by atoms with Crippen molar-refractivity contribution in [1.29, 1.82) is 0 Å². The Labute approximate surface area is 86.2 Å². The molecule has 1 aliphatic rings. The fourth-order valence-electron chi connectivity index (χ4n) is 1.77. The van der Waals surface area contributed by atoms with Crippen LogP contribution in [0.25, 0.3) is 0 Å². The number of rotatable bonds is 2. The molecule has 1 atom stereocenters. The van der Waals surface area contributed by atoms with Gasteiger partial charge in [-0.2, -0.15) is 0 Å². The summed E-state index contributed by atoms with van der Waals surface area (Å²) in [5.74, 6) is -0.277. The molecule has 0 spiro atoms. The van der Waals surface area contributed by atoms with Gasteiger partial charge in [0, 0.05) is 18.7 Å². The van der Waals surface area contributed by atoms with Crippen LogP contribution in [-0.2, 0) is 4.79 Å². The van der Waals surface area contributed by atoms with Crippen LogP contribution < -0.4 is 5.32 Å². The average Bonchev–Trinajstić information content (AvgIpc) is 2.64. The predicted molar refractivity (Wildman–Crippen MR) is 53.5 cm³/mol. The molecule has 0 aliphatic carbocycles. The molecule has 1 aromatic carbocycles. The van der Waals surface area contributed by atoms with Gasteiger partial charge in [0.15, 0.2) is 0 Å². The first-order valence-electron chi connectivity index (χ1n) is 4.70. The molecule has 2 rings (SSSR count). The number of amides is 1. The maximum absolute atomic E-state index is 11.4. The minimum Gasteiger partial charge on any atom is -0.356 e. The Hall–Kier alpha value is -1.91. The summed E-state index contributed by atoms with van der Waals surface area (Å²) in [7, 11) is 0. The number of nitro benzene ring substituents is 1. The van der Waals surface area contributed by atoms with E-state index in [4.69, 9.17) is 0 Å². The maximum atomic E-state index is 11.4. The number of nitrogens with one attached hydrogen (secondary N) is 1. The summed E-state index contributed by atoms with van der Waals surface area (Å²) >= 11 is 0. The van der Waals surface area contributed by atoms with E-state index in [-0.39, 0.29) is 17.5 Å². The van der Waals surface area contributed by atoms with Crippen LogP contribution in [-0.4, -0.2) is 17.4 Å². The van der Waals surface area contributed by atoms with Gasteiger partial charge in [-0.05, 0) is 12.0 Å². The highest BCUT2D eigenvalue weighted by atomic mass is 16.6. The van der Waals surface area contributed by atoms with Gasteiger partial charge in [0.25, 0.3) is 5.69 Å². The standard InChI is InChI=1S/C10H10N2O3/c13-10-9(4-5-11-10)7-2-1-3-8(6-7)12(14)15/h1-3,6,9H,4-5H2,(H,11,13)/t9-/m1/s1. The Kier molecular flexibility index (Phi) is 2.37. The van der Waals surface area contributed by atoms with E-state index in [1.807, 2.05) is 0 Å². The van der Waals surface area contributed by atoms with E-state index in [0.717, 1.165) is 5.56 Å². The Morgan fingerprint density at radius 1 is 1.47 bits per heavy atom. The molecule has 5 heteroatoms. The quantitative estimate of drug-likeness (QED) is 0.583. The van der Waals surface area contributed by atoms with Crippen molar-refractivity contribution in [3.8, 4) is 0 Å². The topological polar surface area (TPSA) is 72.2 Å². The largest absolute Gasteiger partial charge is 0.356 e. The van der Waals surface area contributed by atoms with Crippen molar-refractivity contribution in [3.63, 3.8) is 0 Å². The Bertz CT molecular complexity index is 417. The average molecular weight is 206 g/mol. The van der Waals surface area contributed by atoms with Crippen molar-refractivity contribution >= 4 is 11.6 Å². The number of carbonyl (C=O) groups excluding carboxylic acids is 1. The fraction of sp³-hybridized carbons (Fsp3) is 0.300. The first-order chi connectivity index (χ1) is 7.18. The van der Waals surface area contributed by atoms with Gasteiger partial charge in [0.05, 0.1) is 10.8 Å². The van der Waals surface area contributed by atoms with E-state index < -0.39 is 4.92 Å². The zero-order valence-corrected chi connectivity index (χ0v) is 7.97. The molecule has 0 bridgehead atoms. The first-order valence-corrected chi connectivity index (χ1v) is 4.70. The second-order valence-corrected chi connectivity index (χ2v) is 3.48. The Morgan fingerprint density at radius 3 is 2.87 bits per heavy atom. The zero-order valence-electron chi connectivity index (χ0n) is 7.97. The molecule has 78 valence electrons. The number of hydrogen-bond donors (Lipinski definition) is 1. The molecule has 1 aliphatic heterocycles. The highest BCUT2D eigenvalue weighted by Gasteiger charge is 2.26. The smallest absolute Gasteiger partial charge is 0.269 e. The van der Waals surface area contributed by atoms with E-state index in [9.17, 15) is 14.9 Å². The molecule has 0 radical (unpaired) electrons. The minimum atomic E-state index is -0.448. The second-order valence-electron chi connectivity index (χ2n) is 3.48. The molecular weight excluding hydrogens is 196 g/mol. The second kappa shape index (κ2) is 3.68. The van der Waals surface area contributed by atoms with Gasteiger partial charge in [0.2, 0.25) is 5.91 Å². The third-order valence-electron chi connectivity index (χ3n) is 2.53. The van der Waals surface area contributed by atoms with Crippen LogP contribution in [0.5, 0.6) is 0 Å². The third-order valence-corrected chi connectivity index (χ3v) is 2.53. The molecule has 0 unspecified atom stereocenters. The normalized spacial score (nSPS) is 20.0. The molecule has 5 nitrogen and oxygen atoms in total. The summed E-state index contributed by atoms with van der Waals surface area (Å²) in [6.45, 7) is 0.645. The molecule has 1 amide bonds. The number of nitro groups is 1.